The van der Waals surface area contributed by atoms with E-state index in [1.807, 2.05) is 42.2 Å². The topological polar surface area (TPSA) is 62.3 Å². The molecule has 0 spiro atoms. The molecule has 0 unspecified atom stereocenters. The van der Waals surface area contributed by atoms with Crippen molar-refractivity contribution >= 4 is 22.7 Å². The first-order valence-corrected chi connectivity index (χ1v) is 9.07. The van der Waals surface area contributed by atoms with Gasteiger partial charge in [0.15, 0.2) is 0 Å². The number of aromatic nitrogens is 1. The molecule has 1 fully saturated rings. The number of carbonyl (C=O) groups is 2. The highest BCUT2D eigenvalue weighted by Crippen LogP contribution is 2.20. The molecule has 0 radical (unpaired) electrons. The van der Waals surface area contributed by atoms with E-state index in [1.165, 1.54) is 0 Å². The van der Waals surface area contributed by atoms with Crippen molar-refractivity contribution in [2.75, 3.05) is 19.6 Å². The van der Waals surface area contributed by atoms with Gasteiger partial charge in [0, 0.05) is 37.1 Å². The predicted molar refractivity (Wildman–Crippen MR) is 98.1 cm³/mol. The van der Waals surface area contributed by atoms with E-state index in [0.29, 0.717) is 19.5 Å². The second kappa shape index (κ2) is 8.10. The average molecular weight is 339 g/mol. The number of amides is 2. The molecule has 1 aromatic carbocycles. The predicted octanol–water partition coefficient (Wildman–Crippen LogP) is 2.54. The molecule has 5 nitrogen and oxygen atoms in total. The second-order valence-corrected chi connectivity index (χ2v) is 6.62. The lowest BCUT2D eigenvalue weighted by Crippen LogP contribution is -2.43. The quantitative estimate of drug-likeness (QED) is 0.910. The molecule has 5 heteroatoms. The standard InChI is InChI=1S/C20H25N3O2/c1-2-10-22-20(25)16-8-12-23(13-9-16)18(24)14-17-6-3-5-15-7-4-11-21-19(15)17/h3-7,11,16H,2,8-10,12-14H2,1H3,(H,22,25). The van der Waals surface area contributed by atoms with Crippen molar-refractivity contribution in [3.05, 3.63) is 42.1 Å². The van der Waals surface area contributed by atoms with Crippen LogP contribution < -0.4 is 5.32 Å². The fourth-order valence-electron chi connectivity index (χ4n) is 3.37. The molecule has 0 aliphatic carbocycles. The summed E-state index contributed by atoms with van der Waals surface area (Å²) in [7, 11) is 0. The summed E-state index contributed by atoms with van der Waals surface area (Å²) >= 11 is 0. The summed E-state index contributed by atoms with van der Waals surface area (Å²) < 4.78 is 0. The first kappa shape index (κ1) is 17.4. The van der Waals surface area contributed by atoms with Crippen molar-refractivity contribution in [3.63, 3.8) is 0 Å². The molecule has 0 bridgehead atoms. The summed E-state index contributed by atoms with van der Waals surface area (Å²) in [6.45, 7) is 4.08. The minimum absolute atomic E-state index is 0.0369. The van der Waals surface area contributed by atoms with Gasteiger partial charge in [-0.15, -0.1) is 0 Å². The number of benzene rings is 1. The maximum Gasteiger partial charge on any atom is 0.227 e. The third-order valence-corrected chi connectivity index (χ3v) is 4.83. The van der Waals surface area contributed by atoms with Crippen molar-refractivity contribution in [1.29, 1.82) is 0 Å². The molecule has 1 N–H and O–H groups in total. The molecular formula is C20H25N3O2. The molecule has 1 aliphatic rings. The van der Waals surface area contributed by atoms with E-state index in [1.54, 1.807) is 6.20 Å². The van der Waals surface area contributed by atoms with E-state index in [4.69, 9.17) is 0 Å². The smallest absolute Gasteiger partial charge is 0.227 e. The number of carbonyl (C=O) groups excluding carboxylic acids is 2. The summed E-state index contributed by atoms with van der Waals surface area (Å²) in [6, 6.07) is 9.87. The number of fused-ring (bicyclic) bond motifs is 1. The van der Waals surface area contributed by atoms with Gasteiger partial charge < -0.3 is 10.2 Å². The Morgan fingerprint density at radius 2 is 1.96 bits per heavy atom. The van der Waals surface area contributed by atoms with Crippen LogP contribution in [0.5, 0.6) is 0 Å². The van der Waals surface area contributed by atoms with Gasteiger partial charge >= 0.3 is 0 Å². The highest BCUT2D eigenvalue weighted by atomic mass is 16.2. The maximum atomic E-state index is 12.7. The molecule has 0 atom stereocenters. The lowest BCUT2D eigenvalue weighted by atomic mass is 9.95. The van der Waals surface area contributed by atoms with E-state index in [2.05, 4.69) is 10.3 Å². The number of nitrogens with zero attached hydrogens (tertiary/aromatic N) is 2. The normalized spacial score (nSPS) is 15.3. The number of piperidine rings is 1. The molecule has 1 saturated heterocycles. The lowest BCUT2D eigenvalue weighted by molar-refractivity contribution is -0.135. The van der Waals surface area contributed by atoms with Gasteiger partial charge in [-0.1, -0.05) is 31.2 Å². The van der Waals surface area contributed by atoms with Crippen molar-refractivity contribution in [1.82, 2.24) is 15.2 Å². The molecule has 0 saturated carbocycles. The highest BCUT2D eigenvalue weighted by Gasteiger charge is 2.27. The molecule has 3 rings (SSSR count). The van der Waals surface area contributed by atoms with Gasteiger partial charge in [0.2, 0.25) is 11.8 Å². The molecule has 1 aromatic heterocycles. The van der Waals surface area contributed by atoms with Gasteiger partial charge in [-0.25, -0.2) is 0 Å². The van der Waals surface area contributed by atoms with Crippen LogP contribution in [0.1, 0.15) is 31.7 Å². The monoisotopic (exact) mass is 339 g/mol. The number of hydrogen-bond donors (Lipinski definition) is 1. The molecule has 2 heterocycles. The summed E-state index contributed by atoms with van der Waals surface area (Å²) in [4.78, 5) is 31.0. The fraction of sp³-hybridized carbons (Fsp3) is 0.450. The lowest BCUT2D eigenvalue weighted by Gasteiger charge is -2.31. The third-order valence-electron chi connectivity index (χ3n) is 4.83. The minimum Gasteiger partial charge on any atom is -0.356 e. The molecule has 25 heavy (non-hydrogen) atoms. The van der Waals surface area contributed by atoms with Gasteiger partial charge in [0.25, 0.3) is 0 Å². The Bertz CT molecular complexity index is 746. The van der Waals surface area contributed by atoms with Gasteiger partial charge in [-0.3, -0.25) is 14.6 Å². The van der Waals surface area contributed by atoms with Gasteiger partial charge in [0.05, 0.1) is 11.9 Å². The zero-order valence-electron chi connectivity index (χ0n) is 14.7. The zero-order valence-corrected chi connectivity index (χ0v) is 14.7. The Morgan fingerprint density at radius 1 is 1.20 bits per heavy atom. The maximum absolute atomic E-state index is 12.7. The Kier molecular flexibility index (Phi) is 5.64. The van der Waals surface area contributed by atoms with E-state index in [9.17, 15) is 9.59 Å². The van der Waals surface area contributed by atoms with E-state index in [0.717, 1.165) is 42.3 Å². The van der Waals surface area contributed by atoms with Crippen LogP contribution in [-0.4, -0.2) is 41.3 Å². The van der Waals surface area contributed by atoms with Crippen LogP contribution in [0.4, 0.5) is 0 Å². The average Bonchev–Trinajstić information content (AvgIpc) is 2.66. The summed E-state index contributed by atoms with van der Waals surface area (Å²) in [6.07, 6.45) is 4.56. The molecular weight excluding hydrogens is 314 g/mol. The Hall–Kier alpha value is -2.43. The van der Waals surface area contributed by atoms with Crippen LogP contribution >= 0.6 is 0 Å². The second-order valence-electron chi connectivity index (χ2n) is 6.62. The van der Waals surface area contributed by atoms with Gasteiger partial charge in [-0.2, -0.15) is 0 Å². The number of para-hydroxylation sites is 1. The molecule has 2 aromatic rings. The van der Waals surface area contributed by atoms with Crippen LogP contribution in [0, 0.1) is 5.92 Å². The van der Waals surface area contributed by atoms with Crippen LogP contribution in [0.3, 0.4) is 0 Å². The zero-order chi connectivity index (χ0) is 17.6. The van der Waals surface area contributed by atoms with Gasteiger partial charge in [-0.05, 0) is 30.9 Å². The number of hydrogen-bond acceptors (Lipinski definition) is 3. The number of likely N-dealkylation sites (tertiary alicyclic amines) is 1. The van der Waals surface area contributed by atoms with Crippen molar-refractivity contribution in [3.8, 4) is 0 Å². The van der Waals surface area contributed by atoms with Crippen LogP contribution in [0.2, 0.25) is 0 Å². The number of pyridine rings is 1. The van der Waals surface area contributed by atoms with E-state index < -0.39 is 0 Å². The van der Waals surface area contributed by atoms with Crippen molar-refractivity contribution < 1.29 is 9.59 Å². The molecule has 132 valence electrons. The molecule has 1 aliphatic heterocycles. The highest BCUT2D eigenvalue weighted by molar-refractivity contribution is 5.87. The summed E-state index contributed by atoms with van der Waals surface area (Å²) in [5.74, 6) is 0.285. The first-order chi connectivity index (χ1) is 12.2. The Labute approximate surface area is 148 Å². The van der Waals surface area contributed by atoms with Gasteiger partial charge in [0.1, 0.15) is 0 Å². The van der Waals surface area contributed by atoms with Crippen molar-refractivity contribution in [2.24, 2.45) is 5.92 Å². The van der Waals surface area contributed by atoms with Crippen LogP contribution in [0.25, 0.3) is 10.9 Å². The van der Waals surface area contributed by atoms with Crippen LogP contribution in [-0.2, 0) is 16.0 Å². The minimum atomic E-state index is 0.0369. The fourth-order valence-corrected chi connectivity index (χ4v) is 3.37. The Morgan fingerprint density at radius 3 is 2.72 bits per heavy atom. The SMILES string of the molecule is CCCNC(=O)C1CCN(C(=O)Cc2cccc3cccnc23)CC1. The Balaban J connectivity index is 1.59. The summed E-state index contributed by atoms with van der Waals surface area (Å²) in [5, 5.41) is 4.01. The number of rotatable bonds is 5. The summed E-state index contributed by atoms with van der Waals surface area (Å²) in [5.41, 5.74) is 1.86. The first-order valence-electron chi connectivity index (χ1n) is 9.07. The largest absolute Gasteiger partial charge is 0.356 e. The number of nitrogens with one attached hydrogen (secondary N) is 1. The van der Waals surface area contributed by atoms with Crippen molar-refractivity contribution in [2.45, 2.75) is 32.6 Å². The van der Waals surface area contributed by atoms with E-state index >= 15 is 0 Å². The van der Waals surface area contributed by atoms with Crippen LogP contribution in [0.15, 0.2) is 36.5 Å². The van der Waals surface area contributed by atoms with E-state index in [-0.39, 0.29) is 17.7 Å². The third kappa shape index (κ3) is 4.16. The molecule has 2 amide bonds.